The average Bonchev–Trinajstić information content (AvgIpc) is 2.23. The number of halogens is 3. The fourth-order valence-corrected chi connectivity index (χ4v) is 1.20. The van der Waals surface area contributed by atoms with Gasteiger partial charge in [0.1, 0.15) is 11.9 Å². The molecule has 1 aromatic carbocycles. The molecule has 0 bridgehead atoms. The van der Waals surface area contributed by atoms with Gasteiger partial charge in [0.25, 0.3) is 6.43 Å². The third-order valence-electron chi connectivity index (χ3n) is 2.21. The molecular weight excluding hydrogens is 219 g/mol. The monoisotopic (exact) mass is 233 g/mol. The molecule has 0 spiro atoms. The van der Waals surface area contributed by atoms with Gasteiger partial charge in [0.2, 0.25) is 0 Å². The Morgan fingerprint density at radius 2 is 2.06 bits per heavy atom. The molecule has 0 fully saturated rings. The number of nitrogens with one attached hydrogen (secondary N) is 1. The molecule has 1 unspecified atom stereocenters. The van der Waals surface area contributed by atoms with Crippen LogP contribution < -0.4 is 5.32 Å². The van der Waals surface area contributed by atoms with E-state index in [1.54, 1.807) is 19.1 Å². The summed E-state index contributed by atoms with van der Waals surface area (Å²) in [7, 11) is 0. The molecular formula is C11H14F3NO. The van der Waals surface area contributed by atoms with E-state index in [0.29, 0.717) is 11.1 Å². The minimum atomic E-state index is -2.76. The van der Waals surface area contributed by atoms with Crippen molar-refractivity contribution in [3.05, 3.63) is 35.1 Å². The predicted molar refractivity (Wildman–Crippen MR) is 54.9 cm³/mol. The van der Waals surface area contributed by atoms with Gasteiger partial charge in [-0.2, -0.15) is 0 Å². The van der Waals surface area contributed by atoms with Crippen LogP contribution in [0.1, 0.15) is 11.1 Å². The van der Waals surface area contributed by atoms with Crippen molar-refractivity contribution in [3.8, 4) is 0 Å². The maximum Gasteiger partial charge on any atom is 0.265 e. The first-order valence-electron chi connectivity index (χ1n) is 4.92. The number of aliphatic hydroxyl groups excluding tert-OH is 1. The molecule has 0 amide bonds. The van der Waals surface area contributed by atoms with E-state index < -0.39 is 12.5 Å². The van der Waals surface area contributed by atoms with Crippen LogP contribution in [-0.2, 0) is 6.54 Å². The average molecular weight is 233 g/mol. The van der Waals surface area contributed by atoms with Gasteiger partial charge in [0.15, 0.2) is 0 Å². The Kier molecular flexibility index (Phi) is 4.76. The van der Waals surface area contributed by atoms with Gasteiger partial charge in [-0.25, -0.2) is 13.2 Å². The number of aryl methyl sites for hydroxylation is 1. The van der Waals surface area contributed by atoms with E-state index in [9.17, 15) is 13.2 Å². The van der Waals surface area contributed by atoms with Gasteiger partial charge in [-0.15, -0.1) is 0 Å². The van der Waals surface area contributed by atoms with Crippen molar-refractivity contribution in [2.45, 2.75) is 26.0 Å². The molecule has 0 radical (unpaired) electrons. The molecule has 0 aliphatic rings. The highest BCUT2D eigenvalue weighted by atomic mass is 19.3. The Labute approximate surface area is 92.1 Å². The van der Waals surface area contributed by atoms with Crippen LogP contribution >= 0.6 is 0 Å². The van der Waals surface area contributed by atoms with Crippen LogP contribution in [0.15, 0.2) is 18.2 Å². The van der Waals surface area contributed by atoms with Crippen LogP contribution in [0.3, 0.4) is 0 Å². The van der Waals surface area contributed by atoms with Crippen molar-refractivity contribution in [2.24, 2.45) is 0 Å². The highest BCUT2D eigenvalue weighted by Crippen LogP contribution is 2.09. The zero-order valence-electron chi connectivity index (χ0n) is 8.88. The molecule has 1 rings (SSSR count). The third-order valence-corrected chi connectivity index (χ3v) is 2.21. The maximum atomic E-state index is 13.1. The molecule has 1 aromatic rings. The summed E-state index contributed by atoms with van der Waals surface area (Å²) in [6.07, 6.45) is -4.45. The van der Waals surface area contributed by atoms with Gasteiger partial charge in [-0.1, -0.05) is 12.1 Å². The van der Waals surface area contributed by atoms with Gasteiger partial charge >= 0.3 is 0 Å². The summed E-state index contributed by atoms with van der Waals surface area (Å²) in [5.74, 6) is -0.325. The summed E-state index contributed by atoms with van der Waals surface area (Å²) < 4.78 is 36.9. The van der Waals surface area contributed by atoms with Crippen LogP contribution in [0.5, 0.6) is 0 Å². The largest absolute Gasteiger partial charge is 0.386 e. The molecule has 1 atom stereocenters. The second-order valence-corrected chi connectivity index (χ2v) is 3.62. The second-order valence-electron chi connectivity index (χ2n) is 3.62. The summed E-state index contributed by atoms with van der Waals surface area (Å²) in [6, 6.07) is 4.67. The number of rotatable bonds is 5. The molecule has 0 aromatic heterocycles. The highest BCUT2D eigenvalue weighted by molar-refractivity contribution is 5.23. The minimum Gasteiger partial charge on any atom is -0.386 e. The van der Waals surface area contributed by atoms with E-state index in [2.05, 4.69) is 5.32 Å². The molecule has 0 aliphatic heterocycles. The molecule has 0 aliphatic carbocycles. The molecule has 0 saturated carbocycles. The van der Waals surface area contributed by atoms with Gasteiger partial charge in [-0.05, 0) is 24.1 Å². The summed E-state index contributed by atoms with van der Waals surface area (Å²) in [5, 5.41) is 11.4. The van der Waals surface area contributed by atoms with E-state index in [4.69, 9.17) is 5.11 Å². The Morgan fingerprint density at radius 1 is 1.38 bits per heavy atom. The Morgan fingerprint density at radius 3 is 2.62 bits per heavy atom. The van der Waals surface area contributed by atoms with Crippen molar-refractivity contribution in [1.82, 2.24) is 5.32 Å². The van der Waals surface area contributed by atoms with Crippen molar-refractivity contribution in [2.75, 3.05) is 6.54 Å². The number of hydrogen-bond acceptors (Lipinski definition) is 2. The van der Waals surface area contributed by atoms with E-state index in [0.717, 1.165) is 0 Å². The first kappa shape index (κ1) is 13.0. The summed E-state index contributed by atoms with van der Waals surface area (Å²) in [4.78, 5) is 0. The molecule has 0 saturated heterocycles. The summed E-state index contributed by atoms with van der Waals surface area (Å²) in [5.41, 5.74) is 1.20. The second kappa shape index (κ2) is 5.86. The zero-order chi connectivity index (χ0) is 12.1. The predicted octanol–water partition coefficient (Wildman–Crippen LogP) is 1.85. The van der Waals surface area contributed by atoms with Crippen molar-refractivity contribution in [3.63, 3.8) is 0 Å². The number of alkyl halides is 2. The van der Waals surface area contributed by atoms with Crippen molar-refractivity contribution >= 4 is 0 Å². The molecule has 16 heavy (non-hydrogen) atoms. The molecule has 90 valence electrons. The zero-order valence-corrected chi connectivity index (χ0v) is 8.88. The molecule has 2 N–H and O–H groups in total. The van der Waals surface area contributed by atoms with Crippen LogP contribution in [0, 0.1) is 12.7 Å². The van der Waals surface area contributed by atoms with Crippen molar-refractivity contribution < 1.29 is 18.3 Å². The van der Waals surface area contributed by atoms with Crippen LogP contribution in [-0.4, -0.2) is 24.2 Å². The number of hydrogen-bond donors (Lipinski definition) is 2. The standard InChI is InChI=1S/C11H14F3NO/c1-7-2-3-8(4-9(7)12)5-15-6-10(16)11(13)14/h2-4,10-11,15-16H,5-6H2,1H3. The quantitative estimate of drug-likeness (QED) is 0.813. The number of benzene rings is 1. The SMILES string of the molecule is Cc1ccc(CNCC(O)C(F)F)cc1F. The van der Waals surface area contributed by atoms with Gasteiger partial charge in [0.05, 0.1) is 0 Å². The highest BCUT2D eigenvalue weighted by Gasteiger charge is 2.15. The van der Waals surface area contributed by atoms with Crippen LogP contribution in [0.25, 0.3) is 0 Å². The first-order chi connectivity index (χ1) is 7.50. The van der Waals surface area contributed by atoms with E-state index in [-0.39, 0.29) is 18.9 Å². The maximum absolute atomic E-state index is 13.1. The summed E-state index contributed by atoms with van der Waals surface area (Å²) >= 11 is 0. The lowest BCUT2D eigenvalue weighted by atomic mass is 10.1. The van der Waals surface area contributed by atoms with Crippen molar-refractivity contribution in [1.29, 1.82) is 0 Å². The van der Waals surface area contributed by atoms with Gasteiger partial charge in [0, 0.05) is 13.1 Å². The fourth-order valence-electron chi connectivity index (χ4n) is 1.20. The minimum absolute atomic E-state index is 0.215. The van der Waals surface area contributed by atoms with Crippen LogP contribution in [0.2, 0.25) is 0 Å². The lowest BCUT2D eigenvalue weighted by molar-refractivity contribution is -0.00341. The molecule has 5 heteroatoms. The molecule has 2 nitrogen and oxygen atoms in total. The Bertz CT molecular complexity index is 344. The van der Waals surface area contributed by atoms with E-state index >= 15 is 0 Å². The smallest absolute Gasteiger partial charge is 0.265 e. The van der Waals surface area contributed by atoms with Gasteiger partial charge in [-0.3, -0.25) is 0 Å². The topological polar surface area (TPSA) is 32.3 Å². The van der Waals surface area contributed by atoms with E-state index in [1.165, 1.54) is 6.07 Å². The summed E-state index contributed by atoms with van der Waals surface area (Å²) in [6.45, 7) is 1.68. The molecule has 0 heterocycles. The normalized spacial score (nSPS) is 13.1. The first-order valence-corrected chi connectivity index (χ1v) is 4.92. The number of aliphatic hydroxyl groups is 1. The third kappa shape index (κ3) is 3.83. The van der Waals surface area contributed by atoms with Gasteiger partial charge < -0.3 is 10.4 Å². The lowest BCUT2D eigenvalue weighted by Gasteiger charge is -2.10. The lowest BCUT2D eigenvalue weighted by Crippen LogP contribution is -2.31. The van der Waals surface area contributed by atoms with E-state index in [1.807, 2.05) is 0 Å². The Hall–Kier alpha value is -1.07. The fraction of sp³-hybridized carbons (Fsp3) is 0.455. The van der Waals surface area contributed by atoms with Crippen LogP contribution in [0.4, 0.5) is 13.2 Å². The Balaban J connectivity index is 2.40.